The third kappa shape index (κ3) is 4.69. The number of nitrogens with zero attached hydrogens (tertiary/aromatic N) is 2. The van der Waals surface area contributed by atoms with Gasteiger partial charge in [0.1, 0.15) is 0 Å². The largest absolute Gasteiger partial charge is 0.253 e. The van der Waals surface area contributed by atoms with Crippen molar-refractivity contribution in [3.05, 3.63) is 137 Å². The van der Waals surface area contributed by atoms with Gasteiger partial charge in [-0.2, -0.15) is 4.72 Å². The summed E-state index contributed by atoms with van der Waals surface area (Å²) in [7, 11) is -3.76. The number of rotatable bonds is 7. The minimum atomic E-state index is -3.76. The van der Waals surface area contributed by atoms with Crippen LogP contribution in [0.1, 0.15) is 29.7 Å². The van der Waals surface area contributed by atoms with Gasteiger partial charge < -0.3 is 0 Å². The first-order valence-electron chi connectivity index (χ1n) is 11.2. The van der Waals surface area contributed by atoms with E-state index in [0.717, 1.165) is 27.4 Å². The molecule has 1 heterocycles. The molecular formula is C28H25N3O2S. The highest BCUT2D eigenvalue weighted by Crippen LogP contribution is 2.25. The zero-order chi connectivity index (χ0) is 23.6. The quantitative estimate of drug-likeness (QED) is 0.447. The van der Waals surface area contributed by atoms with E-state index in [9.17, 15) is 8.42 Å². The maximum absolute atomic E-state index is 13.3. The fourth-order valence-electron chi connectivity index (χ4n) is 4.29. The molecule has 0 aliphatic carbocycles. The molecule has 34 heavy (non-hydrogen) atoms. The second kappa shape index (κ2) is 8.97. The third-order valence-electron chi connectivity index (χ3n) is 5.92. The van der Waals surface area contributed by atoms with E-state index < -0.39 is 21.7 Å². The highest BCUT2D eigenvalue weighted by molar-refractivity contribution is 7.89. The molecule has 0 radical (unpaired) electrons. The van der Waals surface area contributed by atoms with Crippen LogP contribution in [0.4, 0.5) is 0 Å². The molecular weight excluding hydrogens is 442 g/mol. The highest BCUT2D eigenvalue weighted by Gasteiger charge is 2.26. The summed E-state index contributed by atoms with van der Waals surface area (Å²) in [6.07, 6.45) is 0.589. The molecule has 1 N–H and O–H groups in total. The van der Waals surface area contributed by atoms with Crippen molar-refractivity contribution in [2.75, 3.05) is 0 Å². The Morgan fingerprint density at radius 1 is 0.706 bits per heavy atom. The van der Waals surface area contributed by atoms with Crippen LogP contribution in [0.2, 0.25) is 0 Å². The van der Waals surface area contributed by atoms with Crippen LogP contribution in [0, 0.1) is 0 Å². The van der Waals surface area contributed by atoms with Crippen molar-refractivity contribution in [1.29, 1.82) is 0 Å². The first kappa shape index (κ1) is 22.2. The lowest BCUT2D eigenvalue weighted by atomic mass is 10.00. The molecule has 0 amide bonds. The summed E-state index contributed by atoms with van der Waals surface area (Å²) in [5.74, 6) is 0. The van der Waals surface area contributed by atoms with Crippen molar-refractivity contribution in [1.82, 2.24) is 4.72 Å². The van der Waals surface area contributed by atoms with Gasteiger partial charge in [-0.25, -0.2) is 8.42 Å². The number of benzene rings is 4. The van der Waals surface area contributed by atoms with E-state index in [1.54, 1.807) is 12.1 Å². The van der Waals surface area contributed by atoms with Gasteiger partial charge in [-0.3, -0.25) is 9.98 Å². The lowest BCUT2D eigenvalue weighted by Gasteiger charge is -2.20. The molecule has 1 aliphatic rings. The number of para-hydroxylation sites is 2. The Balaban J connectivity index is 1.38. The molecule has 0 saturated carbocycles. The second-order valence-electron chi connectivity index (χ2n) is 8.63. The van der Waals surface area contributed by atoms with Crippen LogP contribution in [-0.2, 0) is 16.4 Å². The third-order valence-corrected chi connectivity index (χ3v) is 7.35. The zero-order valence-electron chi connectivity index (χ0n) is 18.8. The van der Waals surface area contributed by atoms with E-state index in [-0.39, 0.29) is 4.90 Å². The van der Waals surface area contributed by atoms with E-state index in [1.807, 2.05) is 104 Å². The Hall–Kier alpha value is -3.61. The molecule has 0 unspecified atom stereocenters. The minimum Gasteiger partial charge on any atom is -0.253 e. The molecule has 0 fully saturated rings. The van der Waals surface area contributed by atoms with Gasteiger partial charge in [0.25, 0.3) is 0 Å². The van der Waals surface area contributed by atoms with Crippen LogP contribution in [0.25, 0.3) is 0 Å². The SMILES string of the molecule is CC1(Cc2ccc(S(=O)(=O)NC(c3ccccc3)c3ccccc3)cc2)N=c2ccccc2=N1. The zero-order valence-corrected chi connectivity index (χ0v) is 19.6. The van der Waals surface area contributed by atoms with Crippen molar-refractivity contribution in [3.8, 4) is 0 Å². The Labute approximate surface area is 199 Å². The summed E-state index contributed by atoms with van der Waals surface area (Å²) >= 11 is 0. The van der Waals surface area contributed by atoms with E-state index in [4.69, 9.17) is 9.98 Å². The normalized spacial score (nSPS) is 14.3. The molecule has 0 spiro atoms. The van der Waals surface area contributed by atoms with E-state index in [1.165, 1.54) is 0 Å². The summed E-state index contributed by atoms with van der Waals surface area (Å²) in [5, 5.41) is 1.78. The van der Waals surface area contributed by atoms with Gasteiger partial charge in [0.2, 0.25) is 10.0 Å². The molecule has 0 atom stereocenters. The topological polar surface area (TPSA) is 70.9 Å². The Morgan fingerprint density at radius 2 is 1.18 bits per heavy atom. The highest BCUT2D eigenvalue weighted by atomic mass is 32.2. The molecule has 4 aromatic rings. The van der Waals surface area contributed by atoms with Gasteiger partial charge in [0, 0.05) is 6.42 Å². The van der Waals surface area contributed by atoms with Gasteiger partial charge in [-0.05, 0) is 47.9 Å². The Bertz CT molecular complexity index is 1440. The number of sulfonamides is 1. The Morgan fingerprint density at radius 3 is 1.68 bits per heavy atom. The van der Waals surface area contributed by atoms with E-state index in [0.29, 0.717) is 6.42 Å². The number of hydrogen-bond acceptors (Lipinski definition) is 4. The summed E-state index contributed by atoms with van der Waals surface area (Å²) in [4.78, 5) is 9.74. The molecule has 0 bridgehead atoms. The maximum Gasteiger partial charge on any atom is 0.241 e. The average Bonchev–Trinajstić information content (AvgIpc) is 3.19. The monoisotopic (exact) mass is 467 g/mol. The summed E-state index contributed by atoms with van der Waals surface area (Å²) < 4.78 is 29.5. The van der Waals surface area contributed by atoms with Crippen molar-refractivity contribution < 1.29 is 8.42 Å². The van der Waals surface area contributed by atoms with Gasteiger partial charge in [0.15, 0.2) is 5.66 Å². The van der Waals surface area contributed by atoms with Gasteiger partial charge in [0.05, 0.1) is 21.7 Å². The molecule has 4 aromatic carbocycles. The molecule has 6 heteroatoms. The minimum absolute atomic E-state index is 0.224. The van der Waals surface area contributed by atoms with Crippen LogP contribution in [0.5, 0.6) is 0 Å². The van der Waals surface area contributed by atoms with Crippen LogP contribution >= 0.6 is 0 Å². The van der Waals surface area contributed by atoms with Gasteiger partial charge in [-0.15, -0.1) is 0 Å². The second-order valence-corrected chi connectivity index (χ2v) is 10.3. The first-order chi connectivity index (χ1) is 16.4. The number of fused-ring (bicyclic) bond motifs is 1. The predicted molar refractivity (Wildman–Crippen MR) is 132 cm³/mol. The summed E-state index contributed by atoms with van der Waals surface area (Å²) in [6, 6.07) is 33.5. The molecule has 0 saturated heterocycles. The lowest BCUT2D eigenvalue weighted by molar-refractivity contribution is 0.490. The Kier molecular flexibility index (Phi) is 5.86. The van der Waals surface area contributed by atoms with E-state index in [2.05, 4.69) is 4.72 Å². The predicted octanol–water partition coefficient (Wildman–Crippen LogP) is 3.97. The molecule has 1 aliphatic heterocycles. The first-order valence-corrected chi connectivity index (χ1v) is 12.7. The molecule has 5 nitrogen and oxygen atoms in total. The molecule has 5 rings (SSSR count). The smallest absolute Gasteiger partial charge is 0.241 e. The van der Waals surface area contributed by atoms with Crippen LogP contribution < -0.4 is 15.4 Å². The van der Waals surface area contributed by atoms with Crippen LogP contribution in [0.3, 0.4) is 0 Å². The number of nitrogens with one attached hydrogen (secondary N) is 1. The van der Waals surface area contributed by atoms with Gasteiger partial charge in [-0.1, -0.05) is 84.9 Å². The standard InChI is InChI=1S/C28H25N3O2S/c1-28(29-25-14-8-9-15-26(25)30-28)20-21-16-18-24(19-17-21)34(32,33)31-27(22-10-4-2-5-11-22)23-12-6-3-7-13-23/h2-19,27,31H,20H2,1H3. The van der Waals surface area contributed by atoms with E-state index >= 15 is 0 Å². The lowest BCUT2D eigenvalue weighted by Crippen LogP contribution is -2.29. The number of hydrogen-bond donors (Lipinski definition) is 1. The van der Waals surface area contributed by atoms with Crippen molar-refractivity contribution in [2.24, 2.45) is 9.98 Å². The van der Waals surface area contributed by atoms with Gasteiger partial charge >= 0.3 is 0 Å². The summed E-state index contributed by atoms with van der Waals surface area (Å²) in [5.41, 5.74) is 2.15. The van der Waals surface area contributed by atoms with Crippen LogP contribution in [-0.4, -0.2) is 14.1 Å². The molecule has 0 aromatic heterocycles. The van der Waals surface area contributed by atoms with Crippen molar-refractivity contribution in [2.45, 2.75) is 29.9 Å². The fraction of sp³-hybridized carbons (Fsp3) is 0.143. The average molecular weight is 468 g/mol. The molecule has 170 valence electrons. The van der Waals surface area contributed by atoms with Crippen LogP contribution in [0.15, 0.2) is 124 Å². The van der Waals surface area contributed by atoms with Crippen molar-refractivity contribution >= 4 is 10.0 Å². The fourth-order valence-corrected chi connectivity index (χ4v) is 5.51. The van der Waals surface area contributed by atoms with Crippen molar-refractivity contribution in [3.63, 3.8) is 0 Å². The maximum atomic E-state index is 13.3. The summed E-state index contributed by atoms with van der Waals surface area (Å²) in [6.45, 7) is 1.99.